The van der Waals surface area contributed by atoms with Gasteiger partial charge in [0, 0.05) is 12.5 Å². The van der Waals surface area contributed by atoms with E-state index in [1.54, 1.807) is 0 Å². The zero-order valence-electron chi connectivity index (χ0n) is 11.5. The molecule has 0 fully saturated rings. The maximum Gasteiger partial charge on any atom is 0.267 e. The van der Waals surface area contributed by atoms with Gasteiger partial charge < -0.3 is 11.1 Å². The second-order valence-electron chi connectivity index (χ2n) is 4.98. The van der Waals surface area contributed by atoms with Gasteiger partial charge in [0.15, 0.2) is 0 Å². The Morgan fingerprint density at radius 1 is 1.35 bits per heavy atom. The zero-order valence-corrected chi connectivity index (χ0v) is 11.5. The molecule has 106 valence electrons. The molecule has 1 aromatic carbocycles. The third-order valence-corrected chi connectivity index (χ3v) is 2.94. The standard InChI is InChI=1S/C14H18N4O2/c1-9(2)16-14(20)11-8-12(13(15)19)18(17-11)10-6-4-3-5-7-10/h3-7,9,12H,8H2,1-2H3,(H2,15,19)(H,16,20). The quantitative estimate of drug-likeness (QED) is 0.844. The van der Waals surface area contributed by atoms with E-state index in [-0.39, 0.29) is 18.4 Å². The highest BCUT2D eigenvalue weighted by molar-refractivity contribution is 6.40. The van der Waals surface area contributed by atoms with Gasteiger partial charge in [-0.2, -0.15) is 5.10 Å². The van der Waals surface area contributed by atoms with Crippen LogP contribution in [0.3, 0.4) is 0 Å². The van der Waals surface area contributed by atoms with Crippen LogP contribution >= 0.6 is 0 Å². The molecule has 1 aliphatic rings. The van der Waals surface area contributed by atoms with Crippen LogP contribution in [0.5, 0.6) is 0 Å². The fourth-order valence-corrected chi connectivity index (χ4v) is 2.03. The number of anilines is 1. The maximum absolute atomic E-state index is 12.0. The first kappa shape index (κ1) is 14.0. The minimum absolute atomic E-state index is 0.0167. The van der Waals surface area contributed by atoms with Crippen LogP contribution in [0.25, 0.3) is 0 Å². The molecule has 1 atom stereocenters. The molecule has 0 bridgehead atoms. The second-order valence-corrected chi connectivity index (χ2v) is 4.98. The van der Waals surface area contributed by atoms with Crippen molar-refractivity contribution in [3.05, 3.63) is 30.3 Å². The highest BCUT2D eigenvalue weighted by Gasteiger charge is 2.34. The van der Waals surface area contributed by atoms with Crippen molar-refractivity contribution < 1.29 is 9.59 Å². The third kappa shape index (κ3) is 2.96. The molecule has 6 heteroatoms. The lowest BCUT2D eigenvalue weighted by atomic mass is 10.1. The van der Waals surface area contributed by atoms with Crippen LogP contribution in [0.4, 0.5) is 5.69 Å². The van der Waals surface area contributed by atoms with Gasteiger partial charge in [-0.15, -0.1) is 0 Å². The highest BCUT2D eigenvalue weighted by Crippen LogP contribution is 2.24. The molecule has 1 aliphatic heterocycles. The number of amides is 2. The summed E-state index contributed by atoms with van der Waals surface area (Å²) in [5, 5.41) is 8.53. The first-order chi connectivity index (χ1) is 9.49. The van der Waals surface area contributed by atoms with E-state index in [1.165, 1.54) is 5.01 Å². The van der Waals surface area contributed by atoms with Crippen LogP contribution in [-0.4, -0.2) is 29.6 Å². The molecule has 0 saturated carbocycles. The lowest BCUT2D eigenvalue weighted by molar-refractivity contribution is -0.119. The van der Waals surface area contributed by atoms with Gasteiger partial charge in [-0.25, -0.2) is 0 Å². The fraction of sp³-hybridized carbons (Fsp3) is 0.357. The summed E-state index contributed by atoms with van der Waals surface area (Å²) in [5.41, 5.74) is 6.47. The van der Waals surface area contributed by atoms with Crippen molar-refractivity contribution in [3.8, 4) is 0 Å². The van der Waals surface area contributed by atoms with Crippen LogP contribution in [0.1, 0.15) is 20.3 Å². The molecule has 2 amide bonds. The summed E-state index contributed by atoms with van der Waals surface area (Å²) < 4.78 is 0. The van der Waals surface area contributed by atoms with E-state index in [2.05, 4.69) is 10.4 Å². The minimum Gasteiger partial charge on any atom is -0.368 e. The van der Waals surface area contributed by atoms with E-state index in [9.17, 15) is 9.59 Å². The van der Waals surface area contributed by atoms with Crippen molar-refractivity contribution in [1.29, 1.82) is 0 Å². The number of carbonyl (C=O) groups excluding carboxylic acids is 2. The first-order valence-corrected chi connectivity index (χ1v) is 6.51. The van der Waals surface area contributed by atoms with Crippen molar-refractivity contribution in [3.63, 3.8) is 0 Å². The molecule has 0 saturated heterocycles. The molecule has 0 radical (unpaired) electrons. The summed E-state index contributed by atoms with van der Waals surface area (Å²) in [6, 6.07) is 8.60. The monoisotopic (exact) mass is 274 g/mol. The van der Waals surface area contributed by atoms with Crippen molar-refractivity contribution in [2.45, 2.75) is 32.4 Å². The molecule has 0 spiro atoms. The number of benzene rings is 1. The zero-order chi connectivity index (χ0) is 14.7. The van der Waals surface area contributed by atoms with Gasteiger partial charge in [0.25, 0.3) is 5.91 Å². The van der Waals surface area contributed by atoms with Crippen LogP contribution in [0.2, 0.25) is 0 Å². The molecule has 0 aliphatic carbocycles. The van der Waals surface area contributed by atoms with Crippen LogP contribution in [0.15, 0.2) is 35.4 Å². The molecule has 2 rings (SSSR count). The lowest BCUT2D eigenvalue weighted by Crippen LogP contribution is -2.40. The average Bonchev–Trinajstić information content (AvgIpc) is 2.84. The number of para-hydroxylation sites is 1. The summed E-state index contributed by atoms with van der Waals surface area (Å²) in [5.74, 6) is -0.755. The predicted octanol–water partition coefficient (Wildman–Crippen LogP) is 0.631. The van der Waals surface area contributed by atoms with Crippen LogP contribution in [-0.2, 0) is 9.59 Å². The van der Waals surface area contributed by atoms with Gasteiger partial charge >= 0.3 is 0 Å². The number of hydrazone groups is 1. The Balaban J connectivity index is 2.25. The molecule has 20 heavy (non-hydrogen) atoms. The van der Waals surface area contributed by atoms with Gasteiger partial charge in [-0.3, -0.25) is 14.6 Å². The smallest absolute Gasteiger partial charge is 0.267 e. The summed E-state index contributed by atoms with van der Waals surface area (Å²) in [6.07, 6.45) is 0.225. The van der Waals surface area contributed by atoms with Gasteiger partial charge in [-0.1, -0.05) is 18.2 Å². The number of primary amides is 1. The van der Waals surface area contributed by atoms with Gasteiger partial charge in [0.1, 0.15) is 11.8 Å². The molecule has 1 aromatic rings. The Kier molecular flexibility index (Phi) is 4.02. The minimum atomic E-state index is -0.620. The SMILES string of the molecule is CC(C)NC(=O)C1=NN(c2ccccc2)C(C(N)=O)C1. The van der Waals surface area contributed by atoms with Crippen molar-refractivity contribution in [2.75, 3.05) is 5.01 Å². The third-order valence-electron chi connectivity index (χ3n) is 2.94. The van der Waals surface area contributed by atoms with Crippen molar-refractivity contribution in [2.24, 2.45) is 10.8 Å². The largest absolute Gasteiger partial charge is 0.368 e. The van der Waals surface area contributed by atoms with Crippen molar-refractivity contribution in [1.82, 2.24) is 5.32 Å². The van der Waals surface area contributed by atoms with Crippen LogP contribution < -0.4 is 16.1 Å². The number of nitrogens with one attached hydrogen (secondary N) is 1. The normalized spacial score (nSPS) is 18.1. The predicted molar refractivity (Wildman–Crippen MR) is 77.2 cm³/mol. The Bertz CT molecular complexity index is 539. The highest BCUT2D eigenvalue weighted by atomic mass is 16.2. The van der Waals surface area contributed by atoms with Gasteiger partial charge in [-0.05, 0) is 26.0 Å². The maximum atomic E-state index is 12.0. The lowest BCUT2D eigenvalue weighted by Gasteiger charge is -2.20. The number of nitrogens with two attached hydrogens (primary N) is 1. The Hall–Kier alpha value is -2.37. The van der Waals surface area contributed by atoms with Crippen LogP contribution in [0, 0.1) is 0 Å². The number of nitrogens with zero attached hydrogens (tertiary/aromatic N) is 2. The van der Waals surface area contributed by atoms with E-state index in [1.807, 2.05) is 44.2 Å². The molecular weight excluding hydrogens is 256 g/mol. The topological polar surface area (TPSA) is 87.8 Å². The molecular formula is C14H18N4O2. The molecule has 1 heterocycles. The van der Waals surface area contributed by atoms with E-state index >= 15 is 0 Å². The number of hydrogen-bond acceptors (Lipinski definition) is 4. The number of carbonyl (C=O) groups is 2. The molecule has 6 nitrogen and oxygen atoms in total. The van der Waals surface area contributed by atoms with E-state index in [4.69, 9.17) is 5.73 Å². The number of hydrogen-bond donors (Lipinski definition) is 2. The van der Waals surface area contributed by atoms with E-state index in [0.717, 1.165) is 5.69 Å². The summed E-state index contributed by atoms with van der Waals surface area (Å²) >= 11 is 0. The fourth-order valence-electron chi connectivity index (χ4n) is 2.03. The summed E-state index contributed by atoms with van der Waals surface area (Å²) in [6.45, 7) is 3.74. The van der Waals surface area contributed by atoms with E-state index in [0.29, 0.717) is 5.71 Å². The Labute approximate surface area is 117 Å². The molecule has 0 aromatic heterocycles. The summed E-state index contributed by atoms with van der Waals surface area (Å²) in [4.78, 5) is 23.5. The Morgan fingerprint density at radius 2 is 2.00 bits per heavy atom. The van der Waals surface area contributed by atoms with Crippen molar-refractivity contribution >= 4 is 23.2 Å². The molecule has 3 N–H and O–H groups in total. The molecule has 1 unspecified atom stereocenters. The average molecular weight is 274 g/mol. The summed E-state index contributed by atoms with van der Waals surface area (Å²) in [7, 11) is 0. The Morgan fingerprint density at radius 3 is 2.55 bits per heavy atom. The second kappa shape index (κ2) is 5.73. The number of rotatable bonds is 4. The van der Waals surface area contributed by atoms with E-state index < -0.39 is 11.9 Å². The van der Waals surface area contributed by atoms with Gasteiger partial charge in [0.2, 0.25) is 5.91 Å². The first-order valence-electron chi connectivity index (χ1n) is 6.51. The van der Waals surface area contributed by atoms with Gasteiger partial charge in [0.05, 0.1) is 5.69 Å².